The summed E-state index contributed by atoms with van der Waals surface area (Å²) in [5.41, 5.74) is 4.66. The van der Waals surface area contributed by atoms with Gasteiger partial charge in [-0.25, -0.2) is 4.79 Å². The van der Waals surface area contributed by atoms with Gasteiger partial charge in [-0.2, -0.15) is 0 Å². The summed E-state index contributed by atoms with van der Waals surface area (Å²) in [4.78, 5) is 41.9. The van der Waals surface area contributed by atoms with E-state index in [1.807, 2.05) is 99.6 Å². The molecular weight excluding hydrogens is 560 g/mol. The number of anilines is 1. The van der Waals surface area contributed by atoms with E-state index >= 15 is 0 Å². The first-order chi connectivity index (χ1) is 20.5. The maximum absolute atomic E-state index is 13.9. The molecule has 1 heterocycles. The number of aryl methyl sites for hydroxylation is 1. The lowest BCUT2D eigenvalue weighted by Gasteiger charge is -2.33. The normalized spacial score (nSPS) is 17.3. The van der Waals surface area contributed by atoms with Crippen LogP contribution in [0.25, 0.3) is 0 Å². The minimum Gasteiger partial charge on any atom is -0.381 e. The van der Waals surface area contributed by atoms with Gasteiger partial charge in [0.2, 0.25) is 5.91 Å². The predicted molar refractivity (Wildman–Crippen MR) is 173 cm³/mol. The van der Waals surface area contributed by atoms with E-state index in [9.17, 15) is 19.5 Å². The molecule has 4 N–H and O–H groups in total. The minimum atomic E-state index is -1.57. The zero-order valence-electron chi connectivity index (χ0n) is 25.5. The Balaban J connectivity index is 1.50. The van der Waals surface area contributed by atoms with Crippen molar-refractivity contribution >= 4 is 35.3 Å². The summed E-state index contributed by atoms with van der Waals surface area (Å²) in [6.07, 6.45) is -1.35. The van der Waals surface area contributed by atoms with Crippen LogP contribution in [0.3, 0.4) is 0 Å². The highest BCUT2D eigenvalue weighted by atomic mass is 32.2. The molecule has 4 amide bonds. The lowest BCUT2D eigenvalue weighted by molar-refractivity contribution is -0.147. The molecule has 3 aromatic rings. The molecule has 0 spiro atoms. The van der Waals surface area contributed by atoms with Crippen molar-refractivity contribution < 1.29 is 19.5 Å². The van der Waals surface area contributed by atoms with Crippen molar-refractivity contribution in [2.75, 3.05) is 11.2 Å². The van der Waals surface area contributed by atoms with E-state index in [2.05, 4.69) is 29.8 Å². The fourth-order valence-electron chi connectivity index (χ4n) is 5.24. The number of amides is 4. The average molecular weight is 603 g/mol. The van der Waals surface area contributed by atoms with Crippen molar-refractivity contribution in [2.24, 2.45) is 0 Å². The van der Waals surface area contributed by atoms with E-state index in [-0.39, 0.29) is 18.2 Å². The quantitative estimate of drug-likeness (QED) is 0.255. The zero-order chi connectivity index (χ0) is 31.1. The summed E-state index contributed by atoms with van der Waals surface area (Å²) in [7, 11) is 0. The van der Waals surface area contributed by atoms with Crippen LogP contribution in [0, 0.1) is 6.92 Å². The van der Waals surface area contributed by atoms with E-state index in [0.717, 1.165) is 22.3 Å². The fourth-order valence-corrected chi connectivity index (χ4v) is 6.38. The van der Waals surface area contributed by atoms with Crippen molar-refractivity contribution in [3.63, 3.8) is 0 Å². The van der Waals surface area contributed by atoms with Gasteiger partial charge in [0.05, 0.1) is 11.9 Å². The van der Waals surface area contributed by atoms with Gasteiger partial charge in [-0.15, -0.1) is 11.8 Å². The second-order valence-corrected chi connectivity index (χ2v) is 13.4. The molecule has 3 atom stereocenters. The molecule has 1 fully saturated rings. The molecule has 1 saturated heterocycles. The highest BCUT2D eigenvalue weighted by Gasteiger charge is 2.49. The number of hydrogen-bond acceptors (Lipinski definition) is 5. The molecule has 9 heteroatoms. The predicted octanol–water partition coefficient (Wildman–Crippen LogP) is 5.21. The first-order valence-electron chi connectivity index (χ1n) is 14.6. The van der Waals surface area contributed by atoms with Gasteiger partial charge >= 0.3 is 6.03 Å². The number of carbonyl (C=O) groups excluding carboxylic acids is 3. The molecule has 3 aromatic carbocycles. The number of nitrogens with zero attached hydrogens (tertiary/aromatic N) is 1. The number of benzene rings is 3. The van der Waals surface area contributed by atoms with Crippen molar-refractivity contribution in [3.05, 3.63) is 101 Å². The Morgan fingerprint density at radius 1 is 0.977 bits per heavy atom. The average Bonchev–Trinajstić information content (AvgIpc) is 3.31. The second-order valence-electron chi connectivity index (χ2n) is 11.8. The first kappa shape index (κ1) is 32.1. The van der Waals surface area contributed by atoms with E-state index in [1.165, 1.54) is 16.7 Å². The molecule has 1 aliphatic rings. The van der Waals surface area contributed by atoms with Crippen LogP contribution in [0.1, 0.15) is 55.9 Å². The summed E-state index contributed by atoms with van der Waals surface area (Å²) >= 11 is 1.48. The highest BCUT2D eigenvalue weighted by Crippen LogP contribution is 2.40. The van der Waals surface area contributed by atoms with E-state index in [0.29, 0.717) is 18.2 Å². The van der Waals surface area contributed by atoms with Crippen molar-refractivity contribution in [1.29, 1.82) is 0 Å². The van der Waals surface area contributed by atoms with Gasteiger partial charge in [0.25, 0.3) is 5.91 Å². The molecule has 8 nitrogen and oxygen atoms in total. The molecule has 0 bridgehead atoms. The third-order valence-corrected chi connectivity index (χ3v) is 9.25. The SMILES string of the molecule is Cc1ccccc1CNC(=O)[C@H]1N(C(=O)[C@@H](O)[C@H](Cc2ccccc2)NC(=O)Nc2ccc(C(C)C)cc2)CSC1(C)C. The summed E-state index contributed by atoms with van der Waals surface area (Å²) in [5.74, 6) is -0.274. The molecule has 0 unspecified atom stereocenters. The molecule has 0 saturated carbocycles. The van der Waals surface area contributed by atoms with Crippen LogP contribution in [-0.2, 0) is 22.6 Å². The smallest absolute Gasteiger partial charge is 0.319 e. The van der Waals surface area contributed by atoms with Gasteiger partial charge in [0.1, 0.15) is 6.04 Å². The Kier molecular flexibility index (Phi) is 10.5. The van der Waals surface area contributed by atoms with Crippen LogP contribution in [0.2, 0.25) is 0 Å². The fraction of sp³-hybridized carbons (Fsp3) is 0.382. The van der Waals surface area contributed by atoms with E-state index < -0.39 is 34.9 Å². The number of urea groups is 1. The Bertz CT molecular complexity index is 1410. The summed E-state index contributed by atoms with van der Waals surface area (Å²) < 4.78 is -0.576. The molecule has 43 heavy (non-hydrogen) atoms. The second kappa shape index (κ2) is 14.1. The molecule has 0 aliphatic carbocycles. The molecule has 0 aromatic heterocycles. The van der Waals surface area contributed by atoms with Crippen LogP contribution in [-0.4, -0.2) is 56.7 Å². The summed E-state index contributed by atoms with van der Waals surface area (Å²) in [6, 6.07) is 22.5. The van der Waals surface area contributed by atoms with Crippen LogP contribution < -0.4 is 16.0 Å². The largest absolute Gasteiger partial charge is 0.381 e. The molecule has 1 aliphatic heterocycles. The van der Waals surface area contributed by atoms with Crippen molar-refractivity contribution in [1.82, 2.24) is 15.5 Å². The van der Waals surface area contributed by atoms with Crippen LogP contribution >= 0.6 is 11.8 Å². The number of aliphatic hydroxyl groups is 1. The van der Waals surface area contributed by atoms with Crippen molar-refractivity contribution in [2.45, 2.75) is 76.4 Å². The number of rotatable bonds is 10. The number of nitrogens with one attached hydrogen (secondary N) is 3. The highest BCUT2D eigenvalue weighted by molar-refractivity contribution is 8.00. The van der Waals surface area contributed by atoms with Gasteiger partial charge in [0, 0.05) is 17.0 Å². The lowest BCUT2D eigenvalue weighted by atomic mass is 9.97. The van der Waals surface area contributed by atoms with E-state index in [4.69, 9.17) is 0 Å². The summed E-state index contributed by atoms with van der Waals surface area (Å²) in [5, 5.41) is 20.1. The summed E-state index contributed by atoms with van der Waals surface area (Å²) in [6.45, 7) is 10.4. The van der Waals surface area contributed by atoms with Crippen LogP contribution in [0.15, 0.2) is 78.9 Å². The van der Waals surface area contributed by atoms with Crippen LogP contribution in [0.4, 0.5) is 10.5 Å². The van der Waals surface area contributed by atoms with Gasteiger partial charge < -0.3 is 26.0 Å². The Hall–Kier alpha value is -3.82. The monoisotopic (exact) mass is 602 g/mol. The Morgan fingerprint density at radius 2 is 1.63 bits per heavy atom. The maximum atomic E-state index is 13.9. The third kappa shape index (κ3) is 8.18. The van der Waals surface area contributed by atoms with Crippen LogP contribution in [0.5, 0.6) is 0 Å². The van der Waals surface area contributed by atoms with Crippen molar-refractivity contribution in [3.8, 4) is 0 Å². The molecular formula is C34H42N4O4S. The lowest BCUT2D eigenvalue weighted by Crippen LogP contribution is -2.59. The molecule has 0 radical (unpaired) electrons. The first-order valence-corrected chi connectivity index (χ1v) is 15.6. The van der Waals surface area contributed by atoms with Gasteiger partial charge in [0.15, 0.2) is 6.10 Å². The number of thioether (sulfide) groups is 1. The Labute approximate surface area is 258 Å². The number of carbonyl (C=O) groups is 3. The Morgan fingerprint density at radius 3 is 2.28 bits per heavy atom. The number of aliphatic hydroxyl groups excluding tert-OH is 1. The maximum Gasteiger partial charge on any atom is 0.319 e. The topological polar surface area (TPSA) is 111 Å². The third-order valence-electron chi connectivity index (χ3n) is 7.88. The molecule has 4 rings (SSSR count). The van der Waals surface area contributed by atoms with Gasteiger partial charge in [-0.1, -0.05) is 80.6 Å². The van der Waals surface area contributed by atoms with Gasteiger partial charge in [-0.3, -0.25) is 9.59 Å². The minimum absolute atomic E-state index is 0.224. The van der Waals surface area contributed by atoms with E-state index in [1.54, 1.807) is 0 Å². The number of hydrogen-bond donors (Lipinski definition) is 4. The standard InChI is InChI=1S/C34H42N4O4S/c1-22(2)25-15-17-27(18-16-25)36-33(42)37-28(19-24-12-7-6-8-13-24)29(39)32(41)38-21-43-34(4,5)30(38)31(40)35-20-26-14-10-9-11-23(26)3/h6-18,22,28-30,39H,19-21H2,1-5H3,(H,35,40)(H2,36,37,42)/t28-,29-,30+/m0/s1. The zero-order valence-corrected chi connectivity index (χ0v) is 26.3. The van der Waals surface area contributed by atoms with Gasteiger partial charge in [-0.05, 0) is 67.5 Å². The molecule has 228 valence electrons.